The lowest BCUT2D eigenvalue weighted by Gasteiger charge is -2.11. The van der Waals surface area contributed by atoms with Gasteiger partial charge < -0.3 is 4.57 Å². The molecule has 0 spiro atoms. The summed E-state index contributed by atoms with van der Waals surface area (Å²) in [6, 6.07) is 63.3. The van der Waals surface area contributed by atoms with Crippen LogP contribution in [0.5, 0.6) is 0 Å². The van der Waals surface area contributed by atoms with Gasteiger partial charge in [-0.15, -0.1) is 0 Å². The van der Waals surface area contributed by atoms with Gasteiger partial charge in [0, 0.05) is 33.0 Å². The highest BCUT2D eigenvalue weighted by Crippen LogP contribution is 2.46. The van der Waals surface area contributed by atoms with Gasteiger partial charge in [0.15, 0.2) is 5.82 Å². The first-order chi connectivity index (χ1) is 25.3. The lowest BCUT2D eigenvalue weighted by molar-refractivity contribution is 1.19. The molecular weight excluding hydrogens is 619 g/mol. The number of rotatable bonds is 4. The van der Waals surface area contributed by atoms with Gasteiger partial charge in [-0.05, 0) is 92.7 Å². The van der Waals surface area contributed by atoms with E-state index in [0.717, 1.165) is 39.1 Å². The highest BCUT2D eigenvalue weighted by atomic mass is 15.0. The third-order valence-corrected chi connectivity index (χ3v) is 10.5. The summed E-state index contributed by atoms with van der Waals surface area (Å²) in [5, 5.41) is 5.96. The Bertz CT molecular complexity index is 2910. The van der Waals surface area contributed by atoms with E-state index in [1.54, 1.807) is 0 Å². The molecule has 0 atom stereocenters. The molecule has 0 amide bonds. The largest absolute Gasteiger partial charge is 0.309 e. The Kier molecular flexibility index (Phi) is 5.96. The smallest absolute Gasteiger partial charge is 0.160 e. The minimum atomic E-state index is 0.753. The molecule has 8 aromatic carbocycles. The van der Waals surface area contributed by atoms with Crippen molar-refractivity contribution < 1.29 is 0 Å². The van der Waals surface area contributed by atoms with E-state index in [0.29, 0.717) is 0 Å². The lowest BCUT2D eigenvalue weighted by Crippen LogP contribution is -1.95. The number of fused-ring (bicyclic) bond motifs is 7. The first-order valence-electron chi connectivity index (χ1n) is 17.4. The van der Waals surface area contributed by atoms with E-state index in [-0.39, 0.29) is 0 Å². The average Bonchev–Trinajstić information content (AvgIpc) is 3.71. The fourth-order valence-corrected chi connectivity index (χ4v) is 8.09. The number of aromatic nitrogens is 3. The van der Waals surface area contributed by atoms with Crippen LogP contribution in [-0.2, 0) is 0 Å². The van der Waals surface area contributed by atoms with E-state index in [2.05, 4.69) is 180 Å². The van der Waals surface area contributed by atoms with Crippen LogP contribution in [0.15, 0.2) is 176 Å². The van der Waals surface area contributed by atoms with E-state index in [9.17, 15) is 0 Å². The fourth-order valence-electron chi connectivity index (χ4n) is 8.09. The predicted octanol–water partition coefficient (Wildman–Crippen LogP) is 12.5. The van der Waals surface area contributed by atoms with Crippen LogP contribution in [-0.4, -0.2) is 14.5 Å². The predicted molar refractivity (Wildman–Crippen MR) is 212 cm³/mol. The van der Waals surface area contributed by atoms with Crippen LogP contribution in [0.4, 0.5) is 0 Å². The van der Waals surface area contributed by atoms with E-state index in [4.69, 9.17) is 9.97 Å². The Balaban J connectivity index is 1.06. The monoisotopic (exact) mass is 647 g/mol. The van der Waals surface area contributed by atoms with Crippen LogP contribution >= 0.6 is 0 Å². The maximum absolute atomic E-state index is 5.16. The van der Waals surface area contributed by atoms with Crippen molar-refractivity contribution in [2.75, 3.05) is 0 Å². The first kappa shape index (κ1) is 28.0. The molecule has 51 heavy (non-hydrogen) atoms. The summed E-state index contributed by atoms with van der Waals surface area (Å²) in [4.78, 5) is 10.2. The molecule has 0 fully saturated rings. The first-order valence-corrected chi connectivity index (χ1v) is 17.4. The van der Waals surface area contributed by atoms with Gasteiger partial charge in [-0.1, -0.05) is 127 Å². The van der Waals surface area contributed by atoms with Crippen molar-refractivity contribution in [3.05, 3.63) is 176 Å². The van der Waals surface area contributed by atoms with Gasteiger partial charge in [-0.25, -0.2) is 9.97 Å². The zero-order valence-corrected chi connectivity index (χ0v) is 27.6. The fraction of sp³-hybridized carbons (Fsp3) is 0. The average molecular weight is 648 g/mol. The summed E-state index contributed by atoms with van der Waals surface area (Å²) < 4.78 is 2.41. The van der Waals surface area contributed by atoms with Crippen molar-refractivity contribution in [3.63, 3.8) is 0 Å². The minimum absolute atomic E-state index is 0.753. The Morgan fingerprint density at radius 3 is 1.67 bits per heavy atom. The molecule has 0 unspecified atom stereocenters. The summed E-state index contributed by atoms with van der Waals surface area (Å²) >= 11 is 0. The number of nitrogens with zero attached hydrogens (tertiary/aromatic N) is 3. The molecule has 3 heteroatoms. The van der Waals surface area contributed by atoms with Gasteiger partial charge in [0.05, 0.1) is 22.2 Å². The molecule has 0 saturated heterocycles. The molecule has 0 radical (unpaired) electrons. The Morgan fingerprint density at radius 2 is 0.961 bits per heavy atom. The van der Waals surface area contributed by atoms with Crippen LogP contribution in [0.25, 0.3) is 105 Å². The molecule has 3 nitrogen and oxygen atoms in total. The van der Waals surface area contributed by atoms with Crippen LogP contribution in [0.2, 0.25) is 0 Å². The molecule has 2 aromatic heterocycles. The summed E-state index contributed by atoms with van der Waals surface area (Å²) in [7, 11) is 0. The lowest BCUT2D eigenvalue weighted by atomic mass is 10.0. The highest BCUT2D eigenvalue weighted by molar-refractivity contribution is 6.14. The van der Waals surface area contributed by atoms with Gasteiger partial charge in [-0.3, -0.25) is 0 Å². The second kappa shape index (κ2) is 10.8. The van der Waals surface area contributed by atoms with E-state index in [1.165, 1.54) is 66.1 Å². The van der Waals surface area contributed by atoms with Gasteiger partial charge in [0.25, 0.3) is 0 Å². The number of benzene rings is 8. The van der Waals surface area contributed by atoms with Crippen LogP contribution in [0.1, 0.15) is 0 Å². The van der Waals surface area contributed by atoms with Crippen LogP contribution in [0, 0.1) is 0 Å². The third-order valence-electron chi connectivity index (χ3n) is 10.5. The Morgan fingerprint density at radius 1 is 0.373 bits per heavy atom. The third kappa shape index (κ3) is 4.32. The summed E-state index contributed by atoms with van der Waals surface area (Å²) in [5.74, 6) is 0.753. The number of hydrogen-bond donors (Lipinski definition) is 0. The van der Waals surface area contributed by atoms with Gasteiger partial charge in [0.1, 0.15) is 0 Å². The van der Waals surface area contributed by atoms with E-state index >= 15 is 0 Å². The summed E-state index contributed by atoms with van der Waals surface area (Å²) in [6.45, 7) is 0. The van der Waals surface area contributed by atoms with Gasteiger partial charge in [0.2, 0.25) is 0 Å². The minimum Gasteiger partial charge on any atom is -0.309 e. The Hall–Kier alpha value is -6.84. The second-order valence-corrected chi connectivity index (χ2v) is 13.4. The highest BCUT2D eigenvalue weighted by Gasteiger charge is 2.24. The summed E-state index contributed by atoms with van der Waals surface area (Å²) in [6.07, 6.45) is 0. The normalized spacial score (nSPS) is 11.9. The van der Waals surface area contributed by atoms with Gasteiger partial charge >= 0.3 is 0 Å². The summed E-state index contributed by atoms with van der Waals surface area (Å²) in [5.41, 5.74) is 15.0. The van der Waals surface area contributed by atoms with Crippen molar-refractivity contribution >= 4 is 43.5 Å². The molecule has 1 aliphatic rings. The van der Waals surface area contributed by atoms with Crippen molar-refractivity contribution in [1.29, 1.82) is 0 Å². The zero-order valence-electron chi connectivity index (χ0n) is 27.6. The molecule has 11 rings (SSSR count). The van der Waals surface area contributed by atoms with Crippen LogP contribution < -0.4 is 0 Å². The molecule has 236 valence electrons. The molecule has 10 aromatic rings. The molecule has 0 saturated carbocycles. The number of hydrogen-bond acceptors (Lipinski definition) is 2. The van der Waals surface area contributed by atoms with Crippen molar-refractivity contribution in [2.45, 2.75) is 0 Å². The molecule has 0 N–H and O–H groups in total. The quantitative estimate of drug-likeness (QED) is 0.190. The standard InChI is InChI=1S/C48H29N3/c1-3-10-30(11-4-1)34-21-24-44-41(28-34)42-29-35(31-12-5-2-6-13-31)22-25-45(42)51(44)37-23-20-32-26-36(19-18-33(32)27-37)48-49-43-17-9-16-39-38-14-7-8-15-40(38)47(50-48)46(39)43/h1-29H. The molecule has 0 bridgehead atoms. The van der Waals surface area contributed by atoms with Crippen molar-refractivity contribution in [3.8, 4) is 61.7 Å². The molecule has 0 aliphatic heterocycles. The maximum atomic E-state index is 5.16. The molecule has 2 heterocycles. The molecular formula is C48H29N3. The zero-order chi connectivity index (χ0) is 33.5. The van der Waals surface area contributed by atoms with Crippen LogP contribution in [0.3, 0.4) is 0 Å². The molecule has 1 aliphatic carbocycles. The van der Waals surface area contributed by atoms with E-state index in [1.807, 2.05) is 0 Å². The van der Waals surface area contributed by atoms with E-state index < -0.39 is 0 Å². The topological polar surface area (TPSA) is 30.7 Å². The van der Waals surface area contributed by atoms with Gasteiger partial charge in [-0.2, -0.15) is 0 Å². The van der Waals surface area contributed by atoms with Crippen molar-refractivity contribution in [2.24, 2.45) is 0 Å². The SMILES string of the molecule is c1ccc(-c2ccc3c(c2)c2cc(-c4ccccc4)ccc2n3-c2ccc3cc(-c4nc5c6c(cccc6n4)-c4ccccc4-5)ccc3c2)cc1. The van der Waals surface area contributed by atoms with Crippen molar-refractivity contribution in [1.82, 2.24) is 14.5 Å². The maximum Gasteiger partial charge on any atom is 0.160 e. The Labute approximate surface area is 294 Å². The second-order valence-electron chi connectivity index (χ2n) is 13.4.